The maximum absolute atomic E-state index is 12.7. The minimum absolute atomic E-state index is 0. The van der Waals surface area contributed by atoms with Crippen LogP contribution in [0.1, 0.15) is 37.0 Å². The molecule has 1 aliphatic heterocycles. The normalized spacial score (nSPS) is 17.4. The summed E-state index contributed by atoms with van der Waals surface area (Å²) in [6.45, 7) is 4.53. The van der Waals surface area contributed by atoms with Crippen LogP contribution in [0.15, 0.2) is 18.2 Å². The van der Waals surface area contributed by atoms with Crippen molar-refractivity contribution in [1.82, 2.24) is 10.2 Å². The van der Waals surface area contributed by atoms with Gasteiger partial charge in [0.25, 0.3) is 5.91 Å². The SMILES string of the molecule is CC(C)(N)CNC(=O)C1CCCN1C(=O)c1cc(Cl)ccc1Cl.Cl. The second kappa shape index (κ2) is 8.39. The molecule has 1 aromatic rings. The fourth-order valence-electron chi connectivity index (χ4n) is 2.53. The van der Waals surface area contributed by atoms with Crippen LogP contribution in [0.25, 0.3) is 0 Å². The van der Waals surface area contributed by atoms with Crippen LogP contribution in [0.3, 0.4) is 0 Å². The highest BCUT2D eigenvalue weighted by Gasteiger charge is 2.35. The van der Waals surface area contributed by atoms with Gasteiger partial charge in [-0.15, -0.1) is 12.4 Å². The molecule has 0 radical (unpaired) electrons. The molecule has 1 atom stereocenters. The Bertz CT molecular complexity index is 617. The Morgan fingerprint density at radius 1 is 1.38 bits per heavy atom. The summed E-state index contributed by atoms with van der Waals surface area (Å²) in [6.07, 6.45) is 1.40. The third kappa shape index (κ3) is 5.24. The number of hydrogen-bond donors (Lipinski definition) is 2. The molecule has 1 saturated heterocycles. The summed E-state index contributed by atoms with van der Waals surface area (Å²) >= 11 is 12.0. The molecule has 1 unspecified atom stereocenters. The second-order valence-electron chi connectivity index (χ2n) is 6.49. The monoisotopic (exact) mass is 393 g/mol. The second-order valence-corrected chi connectivity index (χ2v) is 7.33. The van der Waals surface area contributed by atoms with Gasteiger partial charge in [0.15, 0.2) is 0 Å². The van der Waals surface area contributed by atoms with Crippen molar-refractivity contribution in [3.05, 3.63) is 33.8 Å². The molecule has 1 aromatic carbocycles. The Morgan fingerprint density at radius 3 is 2.67 bits per heavy atom. The average Bonchev–Trinajstić information content (AvgIpc) is 2.95. The molecule has 1 aliphatic rings. The van der Waals surface area contributed by atoms with Crippen molar-refractivity contribution in [2.24, 2.45) is 5.73 Å². The van der Waals surface area contributed by atoms with Crippen molar-refractivity contribution < 1.29 is 9.59 Å². The van der Waals surface area contributed by atoms with Gasteiger partial charge in [-0.2, -0.15) is 0 Å². The minimum atomic E-state index is -0.501. The van der Waals surface area contributed by atoms with E-state index in [2.05, 4.69) is 5.32 Å². The lowest BCUT2D eigenvalue weighted by molar-refractivity contribution is -0.125. The topological polar surface area (TPSA) is 75.4 Å². The molecule has 1 fully saturated rings. The molecule has 0 bridgehead atoms. The van der Waals surface area contributed by atoms with Gasteiger partial charge in [0.1, 0.15) is 6.04 Å². The van der Waals surface area contributed by atoms with Crippen LogP contribution < -0.4 is 11.1 Å². The number of nitrogens with two attached hydrogens (primary N) is 1. The number of carbonyl (C=O) groups is 2. The van der Waals surface area contributed by atoms with Gasteiger partial charge in [0.2, 0.25) is 5.91 Å². The predicted octanol–water partition coefficient (Wildman–Crippen LogP) is 2.87. The van der Waals surface area contributed by atoms with Crippen LogP contribution in [-0.2, 0) is 4.79 Å². The zero-order chi connectivity index (χ0) is 17.2. The number of benzene rings is 1. The van der Waals surface area contributed by atoms with Crippen LogP contribution >= 0.6 is 35.6 Å². The van der Waals surface area contributed by atoms with Crippen LogP contribution in [0.2, 0.25) is 10.0 Å². The van der Waals surface area contributed by atoms with Gasteiger partial charge in [-0.05, 0) is 44.9 Å². The lowest BCUT2D eigenvalue weighted by Gasteiger charge is -2.26. The predicted molar refractivity (Wildman–Crippen MR) is 99.0 cm³/mol. The highest BCUT2D eigenvalue weighted by molar-refractivity contribution is 6.35. The van der Waals surface area contributed by atoms with Crippen LogP contribution in [0, 0.1) is 0 Å². The van der Waals surface area contributed by atoms with Crippen LogP contribution in [-0.4, -0.2) is 41.4 Å². The van der Waals surface area contributed by atoms with E-state index in [9.17, 15) is 9.59 Å². The number of rotatable bonds is 4. The fourth-order valence-corrected chi connectivity index (χ4v) is 2.90. The van der Waals surface area contributed by atoms with E-state index in [4.69, 9.17) is 28.9 Å². The van der Waals surface area contributed by atoms with E-state index in [1.807, 2.05) is 13.8 Å². The average molecular weight is 395 g/mol. The summed E-state index contributed by atoms with van der Waals surface area (Å²) in [6, 6.07) is 4.24. The molecule has 0 aromatic heterocycles. The summed E-state index contributed by atoms with van der Waals surface area (Å²) in [5.74, 6) is -0.463. The zero-order valence-electron chi connectivity index (χ0n) is 13.6. The van der Waals surface area contributed by atoms with Gasteiger partial charge in [-0.25, -0.2) is 0 Å². The zero-order valence-corrected chi connectivity index (χ0v) is 16.0. The Morgan fingerprint density at radius 2 is 2.04 bits per heavy atom. The number of likely N-dealkylation sites (tertiary alicyclic amines) is 1. The van der Waals surface area contributed by atoms with Gasteiger partial charge < -0.3 is 16.0 Å². The Balaban J connectivity index is 0.00000288. The highest BCUT2D eigenvalue weighted by Crippen LogP contribution is 2.26. The third-order valence-electron chi connectivity index (χ3n) is 3.69. The molecule has 2 rings (SSSR count). The molecule has 2 amide bonds. The Labute approximate surface area is 158 Å². The first-order valence-electron chi connectivity index (χ1n) is 7.51. The first kappa shape index (κ1) is 21.0. The molecule has 0 spiro atoms. The molecule has 24 heavy (non-hydrogen) atoms. The first-order valence-corrected chi connectivity index (χ1v) is 8.27. The van der Waals surface area contributed by atoms with Gasteiger partial charge >= 0.3 is 0 Å². The fraction of sp³-hybridized carbons (Fsp3) is 0.500. The van der Waals surface area contributed by atoms with Crippen molar-refractivity contribution in [3.8, 4) is 0 Å². The molecule has 134 valence electrons. The number of hydrogen-bond acceptors (Lipinski definition) is 3. The number of nitrogens with zero attached hydrogens (tertiary/aromatic N) is 1. The van der Waals surface area contributed by atoms with Crippen molar-refractivity contribution >= 4 is 47.4 Å². The number of carbonyl (C=O) groups excluding carboxylic acids is 2. The molecule has 1 heterocycles. The van der Waals surface area contributed by atoms with Crippen molar-refractivity contribution in [2.45, 2.75) is 38.3 Å². The summed E-state index contributed by atoms with van der Waals surface area (Å²) in [7, 11) is 0. The third-order valence-corrected chi connectivity index (χ3v) is 4.26. The number of nitrogens with one attached hydrogen (secondary N) is 1. The van der Waals surface area contributed by atoms with E-state index in [-0.39, 0.29) is 24.2 Å². The quantitative estimate of drug-likeness (QED) is 0.824. The van der Waals surface area contributed by atoms with Crippen molar-refractivity contribution in [3.63, 3.8) is 0 Å². The molecule has 0 aliphatic carbocycles. The van der Waals surface area contributed by atoms with Crippen molar-refractivity contribution in [2.75, 3.05) is 13.1 Å². The van der Waals surface area contributed by atoms with E-state index in [1.54, 1.807) is 17.0 Å². The highest BCUT2D eigenvalue weighted by atomic mass is 35.5. The standard InChI is InChI=1S/C16H21Cl2N3O2.ClH/c1-16(2,19)9-20-14(22)13-4-3-7-21(13)15(23)11-8-10(17)5-6-12(11)18;/h5-6,8,13H,3-4,7,9,19H2,1-2H3,(H,20,22);1H. The van der Waals surface area contributed by atoms with Gasteiger partial charge in [-0.3, -0.25) is 9.59 Å². The largest absolute Gasteiger partial charge is 0.352 e. The molecular formula is C16H22Cl3N3O2. The van der Waals surface area contributed by atoms with Gasteiger partial charge in [-0.1, -0.05) is 23.2 Å². The van der Waals surface area contributed by atoms with E-state index >= 15 is 0 Å². The molecule has 5 nitrogen and oxygen atoms in total. The van der Waals surface area contributed by atoms with Crippen LogP contribution in [0.5, 0.6) is 0 Å². The number of halogens is 3. The van der Waals surface area contributed by atoms with E-state index in [0.717, 1.165) is 6.42 Å². The summed E-state index contributed by atoms with van der Waals surface area (Å²) in [4.78, 5) is 26.6. The minimum Gasteiger partial charge on any atom is -0.352 e. The molecular weight excluding hydrogens is 373 g/mol. The van der Waals surface area contributed by atoms with Crippen molar-refractivity contribution in [1.29, 1.82) is 0 Å². The first-order chi connectivity index (χ1) is 10.7. The van der Waals surface area contributed by atoms with E-state index in [0.29, 0.717) is 35.1 Å². The van der Waals surface area contributed by atoms with Gasteiger partial charge in [0, 0.05) is 23.7 Å². The molecule has 3 N–H and O–H groups in total. The van der Waals surface area contributed by atoms with Crippen LogP contribution in [0.4, 0.5) is 0 Å². The maximum Gasteiger partial charge on any atom is 0.256 e. The summed E-state index contributed by atoms with van der Waals surface area (Å²) < 4.78 is 0. The Hall–Kier alpha value is -1.01. The van der Waals surface area contributed by atoms with E-state index < -0.39 is 11.6 Å². The lowest BCUT2D eigenvalue weighted by Crippen LogP contribution is -2.51. The smallest absolute Gasteiger partial charge is 0.256 e. The lowest BCUT2D eigenvalue weighted by atomic mass is 10.1. The summed E-state index contributed by atoms with van der Waals surface area (Å²) in [5.41, 5.74) is 5.69. The van der Waals surface area contributed by atoms with E-state index in [1.165, 1.54) is 6.07 Å². The number of amides is 2. The maximum atomic E-state index is 12.7. The molecule has 8 heteroatoms. The summed E-state index contributed by atoms with van der Waals surface area (Å²) in [5, 5.41) is 3.57. The molecule has 0 saturated carbocycles. The van der Waals surface area contributed by atoms with Gasteiger partial charge in [0.05, 0.1) is 10.6 Å². The Kier molecular flexibility index (Phi) is 7.35.